The molecule has 1 saturated carbocycles. The Morgan fingerprint density at radius 3 is 2.67 bits per heavy atom. The number of carbonyl (C=O) groups excluding carboxylic acids is 1. The topological polar surface area (TPSA) is 66.8 Å². The zero-order valence-corrected chi connectivity index (χ0v) is 12.2. The molecular weight excluding hydrogens is 268 g/mol. The molecule has 0 saturated heterocycles. The summed E-state index contributed by atoms with van der Waals surface area (Å²) in [4.78, 5) is 12.0. The van der Waals surface area contributed by atoms with E-state index in [4.69, 9.17) is 4.74 Å². The fourth-order valence-corrected chi connectivity index (χ4v) is 2.84. The molecule has 21 heavy (non-hydrogen) atoms. The van der Waals surface area contributed by atoms with Crippen molar-refractivity contribution in [2.24, 2.45) is 11.8 Å². The van der Waals surface area contributed by atoms with Crippen molar-refractivity contribution in [3.63, 3.8) is 0 Å². The summed E-state index contributed by atoms with van der Waals surface area (Å²) in [5.74, 6) is -1.21. The average Bonchev–Trinajstić information content (AvgIpc) is 2.45. The number of esters is 1. The third-order valence-electron chi connectivity index (χ3n) is 3.83. The van der Waals surface area contributed by atoms with E-state index in [-0.39, 0.29) is 18.3 Å². The van der Waals surface area contributed by atoms with Gasteiger partial charge in [0.1, 0.15) is 0 Å². The van der Waals surface area contributed by atoms with Crippen LogP contribution in [0.25, 0.3) is 6.08 Å². The molecule has 0 aromatic heterocycles. The van der Waals surface area contributed by atoms with E-state index in [0.717, 1.165) is 5.56 Å². The Bertz CT molecular complexity index is 483. The number of ether oxygens (including phenoxy) is 1. The van der Waals surface area contributed by atoms with Crippen molar-refractivity contribution >= 4 is 12.0 Å². The van der Waals surface area contributed by atoms with Crippen molar-refractivity contribution in [1.82, 2.24) is 0 Å². The van der Waals surface area contributed by atoms with Crippen molar-refractivity contribution in [3.8, 4) is 0 Å². The number of aliphatic hydroxyl groups is 2. The monoisotopic (exact) mass is 290 g/mol. The average molecular weight is 290 g/mol. The van der Waals surface area contributed by atoms with E-state index in [9.17, 15) is 15.0 Å². The van der Waals surface area contributed by atoms with Gasteiger partial charge in [0.15, 0.2) is 0 Å². The quantitative estimate of drug-likeness (QED) is 0.833. The van der Waals surface area contributed by atoms with Crippen LogP contribution in [0.2, 0.25) is 0 Å². The lowest BCUT2D eigenvalue weighted by Gasteiger charge is -2.34. The van der Waals surface area contributed by atoms with Gasteiger partial charge < -0.3 is 14.9 Å². The first-order chi connectivity index (χ1) is 10.1. The largest absolute Gasteiger partial charge is 0.466 e. The second-order valence-electron chi connectivity index (χ2n) is 5.40. The maximum absolute atomic E-state index is 12.0. The second kappa shape index (κ2) is 7.38. The molecule has 2 N–H and O–H groups in total. The third kappa shape index (κ3) is 4.16. The molecule has 1 aliphatic rings. The first kappa shape index (κ1) is 15.7. The van der Waals surface area contributed by atoms with Gasteiger partial charge in [0.05, 0.1) is 24.7 Å². The Hall–Kier alpha value is -1.65. The molecule has 4 heteroatoms. The molecule has 2 rings (SSSR count). The Morgan fingerprint density at radius 1 is 1.29 bits per heavy atom. The molecule has 114 valence electrons. The molecule has 0 radical (unpaired) electrons. The number of carbonyl (C=O) groups is 1. The number of hydrogen-bond donors (Lipinski definition) is 2. The molecule has 4 nitrogen and oxygen atoms in total. The summed E-state index contributed by atoms with van der Waals surface area (Å²) in [6, 6.07) is 9.74. The van der Waals surface area contributed by atoms with Crippen LogP contribution in [-0.2, 0) is 9.53 Å². The van der Waals surface area contributed by atoms with Gasteiger partial charge in [0.25, 0.3) is 0 Å². The van der Waals surface area contributed by atoms with Gasteiger partial charge in [0.2, 0.25) is 0 Å². The normalized spacial score (nSPS) is 29.5. The summed E-state index contributed by atoms with van der Waals surface area (Å²) < 4.78 is 5.05. The zero-order chi connectivity index (χ0) is 15.2. The molecule has 1 aromatic rings. The highest BCUT2D eigenvalue weighted by molar-refractivity contribution is 5.74. The van der Waals surface area contributed by atoms with Crippen molar-refractivity contribution in [1.29, 1.82) is 0 Å². The summed E-state index contributed by atoms with van der Waals surface area (Å²) in [6.45, 7) is 2.04. The Kier molecular flexibility index (Phi) is 5.53. The third-order valence-corrected chi connectivity index (χ3v) is 3.83. The minimum Gasteiger partial charge on any atom is -0.466 e. The fourth-order valence-electron chi connectivity index (χ4n) is 2.84. The molecule has 0 bridgehead atoms. The zero-order valence-electron chi connectivity index (χ0n) is 12.2. The summed E-state index contributed by atoms with van der Waals surface area (Å²) in [6.07, 6.45) is 3.04. The van der Waals surface area contributed by atoms with E-state index in [1.807, 2.05) is 42.5 Å². The van der Waals surface area contributed by atoms with Gasteiger partial charge in [-0.25, -0.2) is 0 Å². The van der Waals surface area contributed by atoms with Gasteiger partial charge in [-0.15, -0.1) is 0 Å². The van der Waals surface area contributed by atoms with Gasteiger partial charge in [0, 0.05) is 6.42 Å². The van der Waals surface area contributed by atoms with Crippen molar-refractivity contribution in [2.45, 2.75) is 32.0 Å². The molecule has 0 aliphatic heterocycles. The molecule has 0 spiro atoms. The molecule has 1 aliphatic carbocycles. The van der Waals surface area contributed by atoms with Gasteiger partial charge >= 0.3 is 5.97 Å². The first-order valence-electron chi connectivity index (χ1n) is 7.37. The van der Waals surface area contributed by atoms with Crippen molar-refractivity contribution in [3.05, 3.63) is 42.0 Å². The van der Waals surface area contributed by atoms with E-state index in [1.165, 1.54) is 0 Å². The lowest BCUT2D eigenvalue weighted by molar-refractivity contribution is -0.158. The number of aliphatic hydroxyl groups excluding tert-OH is 2. The number of rotatable bonds is 4. The maximum Gasteiger partial charge on any atom is 0.312 e. The van der Waals surface area contributed by atoms with Crippen molar-refractivity contribution < 1.29 is 19.7 Å². The summed E-state index contributed by atoms with van der Waals surface area (Å²) in [5, 5.41) is 19.9. The van der Waals surface area contributed by atoms with Gasteiger partial charge in [-0.1, -0.05) is 42.5 Å². The van der Waals surface area contributed by atoms with E-state index in [1.54, 1.807) is 6.92 Å². The van der Waals surface area contributed by atoms with Crippen LogP contribution >= 0.6 is 0 Å². The van der Waals surface area contributed by atoms with Crippen molar-refractivity contribution in [2.75, 3.05) is 6.61 Å². The molecule has 4 unspecified atom stereocenters. The minimum absolute atomic E-state index is 0.219. The molecule has 0 heterocycles. The lowest BCUT2D eigenvalue weighted by atomic mass is 9.75. The van der Waals surface area contributed by atoms with E-state index in [0.29, 0.717) is 13.0 Å². The fraction of sp³-hybridized carbons (Fsp3) is 0.471. The Morgan fingerprint density at radius 2 is 2.00 bits per heavy atom. The van der Waals surface area contributed by atoms with Crippen LogP contribution in [0.3, 0.4) is 0 Å². The van der Waals surface area contributed by atoms with Crippen LogP contribution in [0, 0.1) is 11.8 Å². The number of allylic oxidation sites excluding steroid dienone is 1. The predicted molar refractivity (Wildman–Crippen MR) is 80.3 cm³/mol. The minimum atomic E-state index is -0.863. The molecular formula is C17H22O4. The standard InChI is InChI=1S/C17H22O4/c1-2-21-17(20)16-13(10-14(18)11-15(16)19)9-8-12-6-4-3-5-7-12/h3-9,13-16,18-19H,2,10-11H2,1H3/b9-8+. The predicted octanol–water partition coefficient (Wildman–Crippen LogP) is 2.01. The van der Waals surface area contributed by atoms with Crippen LogP contribution in [0.4, 0.5) is 0 Å². The van der Waals surface area contributed by atoms with Crippen LogP contribution in [0.1, 0.15) is 25.3 Å². The molecule has 0 amide bonds. The van der Waals surface area contributed by atoms with Gasteiger partial charge in [-0.05, 0) is 24.8 Å². The van der Waals surface area contributed by atoms with E-state index in [2.05, 4.69) is 0 Å². The molecule has 4 atom stereocenters. The van der Waals surface area contributed by atoms with Crippen LogP contribution in [-0.4, -0.2) is 35.0 Å². The Labute approximate surface area is 125 Å². The molecule has 1 fully saturated rings. The molecule has 1 aromatic carbocycles. The highest BCUT2D eigenvalue weighted by atomic mass is 16.5. The number of hydrogen-bond acceptors (Lipinski definition) is 4. The highest BCUT2D eigenvalue weighted by Gasteiger charge is 2.40. The maximum atomic E-state index is 12.0. The summed E-state index contributed by atoms with van der Waals surface area (Å²) in [5.41, 5.74) is 1.02. The SMILES string of the molecule is CCOC(=O)C1C(O)CC(O)CC1/C=C/c1ccccc1. The van der Waals surface area contributed by atoms with Gasteiger partial charge in [-0.2, -0.15) is 0 Å². The summed E-state index contributed by atoms with van der Waals surface area (Å²) in [7, 11) is 0. The van der Waals surface area contributed by atoms with E-state index >= 15 is 0 Å². The van der Waals surface area contributed by atoms with E-state index < -0.39 is 18.1 Å². The Balaban J connectivity index is 2.15. The highest BCUT2D eigenvalue weighted by Crippen LogP contribution is 2.33. The lowest BCUT2D eigenvalue weighted by Crippen LogP contribution is -2.43. The number of benzene rings is 1. The second-order valence-corrected chi connectivity index (χ2v) is 5.40. The van der Waals surface area contributed by atoms with Crippen LogP contribution < -0.4 is 0 Å². The van der Waals surface area contributed by atoms with Crippen LogP contribution in [0.5, 0.6) is 0 Å². The smallest absolute Gasteiger partial charge is 0.312 e. The van der Waals surface area contributed by atoms with Crippen LogP contribution in [0.15, 0.2) is 36.4 Å². The summed E-state index contributed by atoms with van der Waals surface area (Å²) >= 11 is 0. The van der Waals surface area contributed by atoms with Gasteiger partial charge in [-0.3, -0.25) is 4.79 Å². The first-order valence-corrected chi connectivity index (χ1v) is 7.37.